The second-order valence-corrected chi connectivity index (χ2v) is 3.61. The summed E-state index contributed by atoms with van der Waals surface area (Å²) in [6.45, 7) is 0.517. The zero-order chi connectivity index (χ0) is 13.4. The summed E-state index contributed by atoms with van der Waals surface area (Å²) in [4.78, 5) is 0. The van der Waals surface area contributed by atoms with Crippen LogP contribution in [0.5, 0.6) is 0 Å². The van der Waals surface area contributed by atoms with E-state index in [1.807, 2.05) is 30.3 Å². The van der Waals surface area contributed by atoms with E-state index in [2.05, 4.69) is 0 Å². The fraction of sp³-hybridized carbons (Fsp3) is 0.385. The maximum absolute atomic E-state index is 11.7. The second kappa shape index (κ2) is 7.04. The van der Waals surface area contributed by atoms with Gasteiger partial charge < -0.3 is 9.84 Å². The highest BCUT2D eigenvalue weighted by molar-refractivity contribution is 5.13. The minimum Gasteiger partial charge on any atom is -0.380 e. The Morgan fingerprint density at radius 3 is 2.50 bits per heavy atom. The van der Waals surface area contributed by atoms with Gasteiger partial charge in [0, 0.05) is 12.3 Å². The lowest BCUT2D eigenvalue weighted by atomic mass is 10.2. The number of ether oxygens (including phenoxy) is 1. The largest absolute Gasteiger partial charge is 0.457 e. The molecule has 0 aliphatic carbocycles. The van der Waals surface area contributed by atoms with Crippen LogP contribution in [0, 0.1) is 11.8 Å². The standard InChI is InChI=1S/C13H13F3O2/c14-13(15,16)8-6-12(17)7-9-18-10-11-4-2-1-3-5-11/h1-5,12,17H,7,9-10H2/t12-/m0/s1. The zero-order valence-corrected chi connectivity index (χ0v) is 9.57. The Labute approximate surface area is 103 Å². The molecule has 0 unspecified atom stereocenters. The van der Waals surface area contributed by atoms with Crippen LogP contribution in [0.15, 0.2) is 30.3 Å². The first kappa shape index (κ1) is 14.6. The Kier molecular flexibility index (Phi) is 5.69. The molecule has 0 amide bonds. The van der Waals surface area contributed by atoms with Crippen LogP contribution in [0.2, 0.25) is 0 Å². The van der Waals surface area contributed by atoms with Crippen molar-refractivity contribution in [2.24, 2.45) is 0 Å². The molecule has 0 aliphatic rings. The van der Waals surface area contributed by atoms with Gasteiger partial charge in [0.15, 0.2) is 0 Å². The van der Waals surface area contributed by atoms with Crippen LogP contribution < -0.4 is 0 Å². The van der Waals surface area contributed by atoms with E-state index in [-0.39, 0.29) is 13.0 Å². The summed E-state index contributed by atoms with van der Waals surface area (Å²) in [5, 5.41) is 9.16. The third-order valence-corrected chi connectivity index (χ3v) is 2.03. The van der Waals surface area contributed by atoms with Gasteiger partial charge in [0.1, 0.15) is 6.10 Å². The lowest BCUT2D eigenvalue weighted by Gasteiger charge is -2.05. The van der Waals surface area contributed by atoms with Gasteiger partial charge >= 0.3 is 6.18 Å². The quantitative estimate of drug-likeness (QED) is 0.649. The van der Waals surface area contributed by atoms with Crippen LogP contribution in [0.4, 0.5) is 13.2 Å². The second-order valence-electron chi connectivity index (χ2n) is 3.61. The third kappa shape index (κ3) is 6.94. The molecule has 0 aromatic heterocycles. The van der Waals surface area contributed by atoms with Gasteiger partial charge in [0.25, 0.3) is 0 Å². The van der Waals surface area contributed by atoms with E-state index < -0.39 is 12.3 Å². The highest BCUT2D eigenvalue weighted by atomic mass is 19.4. The van der Waals surface area contributed by atoms with Gasteiger partial charge in [-0.05, 0) is 5.56 Å². The van der Waals surface area contributed by atoms with Crippen molar-refractivity contribution < 1.29 is 23.0 Å². The Morgan fingerprint density at radius 2 is 1.89 bits per heavy atom. The van der Waals surface area contributed by atoms with Gasteiger partial charge in [-0.15, -0.1) is 0 Å². The number of hydrogen-bond acceptors (Lipinski definition) is 2. The summed E-state index contributed by atoms with van der Waals surface area (Å²) in [6.07, 6.45) is -5.83. The zero-order valence-electron chi connectivity index (χ0n) is 9.57. The lowest BCUT2D eigenvalue weighted by Crippen LogP contribution is -2.10. The molecule has 2 nitrogen and oxygen atoms in total. The SMILES string of the molecule is O[C@@H](C#CC(F)(F)F)CCOCc1ccccc1. The Morgan fingerprint density at radius 1 is 1.22 bits per heavy atom. The molecule has 0 spiro atoms. The molecule has 1 aromatic rings. The minimum atomic E-state index is -4.56. The van der Waals surface area contributed by atoms with Gasteiger partial charge in [0.2, 0.25) is 0 Å². The highest BCUT2D eigenvalue weighted by Gasteiger charge is 2.23. The molecule has 1 atom stereocenters. The molecular weight excluding hydrogens is 245 g/mol. The average Bonchev–Trinajstić information content (AvgIpc) is 2.33. The number of aliphatic hydroxyl groups excluding tert-OH is 1. The molecule has 0 fully saturated rings. The van der Waals surface area contributed by atoms with Crippen molar-refractivity contribution in [3.8, 4) is 11.8 Å². The molecule has 1 aromatic carbocycles. The van der Waals surface area contributed by atoms with E-state index >= 15 is 0 Å². The van der Waals surface area contributed by atoms with Crippen molar-refractivity contribution in [3.63, 3.8) is 0 Å². The van der Waals surface area contributed by atoms with Gasteiger partial charge in [0.05, 0.1) is 13.2 Å². The molecule has 0 heterocycles. The van der Waals surface area contributed by atoms with Crippen LogP contribution >= 0.6 is 0 Å². The molecular formula is C13H13F3O2. The van der Waals surface area contributed by atoms with Crippen LogP contribution in [-0.2, 0) is 11.3 Å². The first-order chi connectivity index (χ1) is 8.47. The predicted octanol–water partition coefficient (Wildman–Crippen LogP) is 2.52. The first-order valence-electron chi connectivity index (χ1n) is 5.36. The summed E-state index contributed by atoms with van der Waals surface area (Å²) in [5.41, 5.74) is 0.966. The molecule has 0 bridgehead atoms. The van der Waals surface area contributed by atoms with E-state index in [0.29, 0.717) is 6.61 Å². The number of halogens is 3. The van der Waals surface area contributed by atoms with Crippen molar-refractivity contribution in [2.45, 2.75) is 25.3 Å². The fourth-order valence-electron chi connectivity index (χ4n) is 1.20. The Bertz CT molecular complexity index is 404. The monoisotopic (exact) mass is 258 g/mol. The smallest absolute Gasteiger partial charge is 0.380 e. The molecule has 18 heavy (non-hydrogen) atoms. The molecule has 0 saturated heterocycles. The molecule has 1 rings (SSSR count). The Hall–Kier alpha value is -1.51. The van der Waals surface area contributed by atoms with Crippen molar-refractivity contribution in [3.05, 3.63) is 35.9 Å². The number of rotatable bonds is 5. The van der Waals surface area contributed by atoms with Crippen LogP contribution in [0.25, 0.3) is 0 Å². The van der Waals surface area contributed by atoms with Crippen LogP contribution in [0.1, 0.15) is 12.0 Å². The lowest BCUT2D eigenvalue weighted by molar-refractivity contribution is -0.0700. The predicted molar refractivity (Wildman–Crippen MR) is 60.6 cm³/mol. The van der Waals surface area contributed by atoms with Gasteiger partial charge in [-0.1, -0.05) is 36.3 Å². The van der Waals surface area contributed by atoms with Crippen molar-refractivity contribution in [1.29, 1.82) is 0 Å². The van der Waals surface area contributed by atoms with Gasteiger partial charge in [-0.25, -0.2) is 0 Å². The van der Waals surface area contributed by atoms with Gasteiger partial charge in [-0.3, -0.25) is 0 Å². The number of benzene rings is 1. The van der Waals surface area contributed by atoms with E-state index in [0.717, 1.165) is 11.5 Å². The van der Waals surface area contributed by atoms with E-state index in [9.17, 15) is 13.2 Å². The van der Waals surface area contributed by atoms with Crippen molar-refractivity contribution in [1.82, 2.24) is 0 Å². The molecule has 0 saturated carbocycles. The normalized spacial score (nSPS) is 12.7. The van der Waals surface area contributed by atoms with Gasteiger partial charge in [-0.2, -0.15) is 13.2 Å². The maximum Gasteiger partial charge on any atom is 0.457 e. The fourth-order valence-corrected chi connectivity index (χ4v) is 1.20. The Balaban J connectivity index is 2.20. The maximum atomic E-state index is 11.7. The first-order valence-corrected chi connectivity index (χ1v) is 5.36. The van der Waals surface area contributed by atoms with E-state index in [4.69, 9.17) is 9.84 Å². The summed E-state index contributed by atoms with van der Waals surface area (Å²) in [5.74, 6) is 2.75. The average molecular weight is 258 g/mol. The van der Waals surface area contributed by atoms with Crippen molar-refractivity contribution >= 4 is 0 Å². The topological polar surface area (TPSA) is 29.5 Å². The number of aliphatic hydroxyl groups is 1. The minimum absolute atomic E-state index is 0.0515. The summed E-state index contributed by atoms with van der Waals surface area (Å²) in [7, 11) is 0. The van der Waals surface area contributed by atoms with E-state index in [1.54, 1.807) is 5.92 Å². The third-order valence-electron chi connectivity index (χ3n) is 2.03. The summed E-state index contributed by atoms with van der Waals surface area (Å²) in [6, 6.07) is 9.35. The summed E-state index contributed by atoms with van der Waals surface area (Å²) >= 11 is 0. The van der Waals surface area contributed by atoms with Crippen molar-refractivity contribution in [2.75, 3.05) is 6.61 Å². The highest BCUT2D eigenvalue weighted by Crippen LogP contribution is 2.12. The van der Waals surface area contributed by atoms with E-state index in [1.165, 1.54) is 0 Å². The van der Waals surface area contributed by atoms with Crippen LogP contribution in [0.3, 0.4) is 0 Å². The van der Waals surface area contributed by atoms with Crippen LogP contribution in [-0.4, -0.2) is 24.0 Å². The number of hydrogen-bond donors (Lipinski definition) is 1. The number of alkyl halides is 3. The molecule has 0 radical (unpaired) electrons. The molecule has 98 valence electrons. The molecule has 5 heteroatoms. The molecule has 0 aliphatic heterocycles. The molecule has 1 N–H and O–H groups in total. The summed E-state index contributed by atoms with van der Waals surface area (Å²) < 4.78 is 40.3.